The Hall–Kier alpha value is -3.55. The summed E-state index contributed by atoms with van der Waals surface area (Å²) in [5.41, 5.74) is 1.38. The average molecular weight is 495 g/mol. The zero-order valence-corrected chi connectivity index (χ0v) is 21.2. The Morgan fingerprint density at radius 2 is 1.64 bits per heavy atom. The second-order valence-corrected chi connectivity index (χ2v) is 9.26. The Labute approximate surface area is 212 Å². The molecule has 2 aliphatic heterocycles. The molecular weight excluding hydrogens is 460 g/mol. The first-order valence-corrected chi connectivity index (χ1v) is 12.5. The zero-order chi connectivity index (χ0) is 25.7. The van der Waals surface area contributed by atoms with Crippen molar-refractivity contribution in [2.75, 3.05) is 34.4 Å². The van der Waals surface area contributed by atoms with Crippen LogP contribution in [0.5, 0.6) is 17.2 Å². The highest BCUT2D eigenvalue weighted by Gasteiger charge is 2.44. The molecule has 2 bridgehead atoms. The molecule has 0 aromatic heterocycles. The number of nitrogens with zero attached hydrogens (tertiary/aromatic N) is 2. The number of piperidine rings is 1. The maximum Gasteiger partial charge on any atom is 0.295 e. The number of hydrogen-bond acceptors (Lipinski definition) is 6. The van der Waals surface area contributed by atoms with Crippen LogP contribution in [0.1, 0.15) is 48.0 Å². The molecule has 2 heterocycles. The van der Waals surface area contributed by atoms with E-state index < -0.39 is 17.7 Å². The number of rotatable bonds is 9. The summed E-state index contributed by atoms with van der Waals surface area (Å²) in [4.78, 5) is 43.9. The lowest BCUT2D eigenvalue weighted by Gasteiger charge is -2.39. The van der Waals surface area contributed by atoms with Gasteiger partial charge in [0.25, 0.3) is 11.7 Å². The molecule has 2 aromatic rings. The fourth-order valence-electron chi connectivity index (χ4n) is 5.33. The van der Waals surface area contributed by atoms with Crippen molar-refractivity contribution in [1.29, 1.82) is 0 Å². The van der Waals surface area contributed by atoms with Crippen LogP contribution >= 0.6 is 0 Å². The third-order valence-corrected chi connectivity index (χ3v) is 7.17. The summed E-state index contributed by atoms with van der Waals surface area (Å²) in [6.45, 7) is 1.23. The van der Waals surface area contributed by atoms with Crippen molar-refractivity contribution in [3.05, 3.63) is 53.6 Å². The van der Waals surface area contributed by atoms with Gasteiger partial charge in [-0.25, -0.2) is 0 Å². The maximum absolute atomic E-state index is 13.6. The van der Waals surface area contributed by atoms with Gasteiger partial charge in [0.2, 0.25) is 11.7 Å². The lowest BCUT2D eigenvalue weighted by Crippen LogP contribution is -2.55. The monoisotopic (exact) mass is 494 g/mol. The molecule has 0 radical (unpaired) electrons. The van der Waals surface area contributed by atoms with Crippen molar-refractivity contribution < 1.29 is 28.6 Å². The Morgan fingerprint density at radius 1 is 0.944 bits per heavy atom. The van der Waals surface area contributed by atoms with E-state index in [2.05, 4.69) is 12.1 Å². The number of fused-ring (bicyclic) bond motifs is 2. The van der Waals surface area contributed by atoms with Crippen LogP contribution in [0.2, 0.25) is 0 Å². The van der Waals surface area contributed by atoms with Gasteiger partial charge in [-0.3, -0.25) is 14.4 Å². The molecule has 8 nitrogen and oxygen atoms in total. The molecule has 2 amide bonds. The van der Waals surface area contributed by atoms with Gasteiger partial charge in [-0.15, -0.1) is 0 Å². The third kappa shape index (κ3) is 5.17. The average Bonchev–Trinajstić information content (AvgIpc) is 2.99. The van der Waals surface area contributed by atoms with Gasteiger partial charge in [0.1, 0.15) is 6.04 Å². The normalized spacial score (nSPS) is 19.5. The number of ketones is 1. The molecule has 2 saturated heterocycles. The highest BCUT2D eigenvalue weighted by molar-refractivity contribution is 6.43. The van der Waals surface area contributed by atoms with Gasteiger partial charge in [0.15, 0.2) is 11.5 Å². The lowest BCUT2D eigenvalue weighted by molar-refractivity contribution is -0.145. The summed E-state index contributed by atoms with van der Waals surface area (Å²) < 4.78 is 16.0. The Kier molecular flexibility index (Phi) is 8.13. The van der Waals surface area contributed by atoms with E-state index in [4.69, 9.17) is 14.2 Å². The lowest BCUT2D eigenvalue weighted by atomic mass is 9.93. The number of methoxy groups -OCH3 is 3. The summed E-state index contributed by atoms with van der Waals surface area (Å²) in [6, 6.07) is 12.4. The maximum atomic E-state index is 13.6. The van der Waals surface area contributed by atoms with E-state index in [0.717, 1.165) is 25.7 Å². The predicted octanol–water partition coefficient (Wildman–Crippen LogP) is 3.51. The van der Waals surface area contributed by atoms with E-state index >= 15 is 0 Å². The van der Waals surface area contributed by atoms with E-state index in [1.807, 2.05) is 23.1 Å². The van der Waals surface area contributed by atoms with E-state index in [0.29, 0.717) is 43.2 Å². The summed E-state index contributed by atoms with van der Waals surface area (Å²) in [7, 11) is 4.39. The molecule has 0 spiro atoms. The van der Waals surface area contributed by atoms with E-state index in [9.17, 15) is 14.4 Å². The topological polar surface area (TPSA) is 85.4 Å². The Bertz CT molecular complexity index is 1080. The molecule has 2 fully saturated rings. The third-order valence-electron chi connectivity index (χ3n) is 7.17. The Balaban J connectivity index is 1.52. The number of hydrogen-bond donors (Lipinski definition) is 0. The smallest absolute Gasteiger partial charge is 0.295 e. The molecular formula is C28H34N2O6. The number of ether oxygens (including phenoxy) is 3. The van der Waals surface area contributed by atoms with Crippen molar-refractivity contribution in [3.8, 4) is 17.2 Å². The highest BCUT2D eigenvalue weighted by atomic mass is 16.5. The summed E-state index contributed by atoms with van der Waals surface area (Å²) in [5.74, 6) is -0.460. The molecule has 36 heavy (non-hydrogen) atoms. The predicted molar refractivity (Wildman–Crippen MR) is 135 cm³/mol. The van der Waals surface area contributed by atoms with Crippen LogP contribution < -0.4 is 14.2 Å². The minimum absolute atomic E-state index is 0.0590. The molecule has 4 rings (SSSR count). The van der Waals surface area contributed by atoms with Crippen LogP contribution in [0.15, 0.2) is 42.5 Å². The highest BCUT2D eigenvalue weighted by Crippen LogP contribution is 2.39. The standard InChI is InChI=1S/C28H34N2O6/c1-34-23-17-20(18-24(35-2)26(23)36-3)25(31)28(33)30-21-12-7-13-22(30)27(32)29(16-14-21)15-8-11-19-9-5-4-6-10-19/h4-6,9-10,17-18,21-22H,7-8,11-16H2,1-3H3. The van der Waals surface area contributed by atoms with E-state index in [1.54, 1.807) is 4.90 Å². The van der Waals surface area contributed by atoms with Gasteiger partial charge in [-0.05, 0) is 56.2 Å². The number of carbonyl (C=O) groups is 3. The number of carbonyl (C=O) groups excluding carboxylic acids is 3. The van der Waals surface area contributed by atoms with Crippen LogP contribution in [0.4, 0.5) is 0 Å². The minimum Gasteiger partial charge on any atom is -0.493 e. The van der Waals surface area contributed by atoms with Crippen LogP contribution in [0.25, 0.3) is 0 Å². The van der Waals surface area contributed by atoms with Gasteiger partial charge < -0.3 is 24.0 Å². The van der Waals surface area contributed by atoms with Crippen LogP contribution in [-0.2, 0) is 16.0 Å². The van der Waals surface area contributed by atoms with Crippen LogP contribution in [-0.4, -0.2) is 73.9 Å². The fraction of sp³-hybridized carbons (Fsp3) is 0.464. The molecule has 2 unspecified atom stereocenters. The molecule has 0 N–H and O–H groups in total. The quantitative estimate of drug-likeness (QED) is 0.392. The fourth-order valence-corrected chi connectivity index (χ4v) is 5.33. The first kappa shape index (κ1) is 25.5. The molecule has 2 aliphatic rings. The summed E-state index contributed by atoms with van der Waals surface area (Å²) in [6.07, 6.45) is 4.63. The SMILES string of the molecule is COc1cc(C(=O)C(=O)N2C3CCCC2C(=O)N(CCCc2ccccc2)CC3)cc(OC)c1OC. The number of aryl methyl sites for hydroxylation is 1. The largest absolute Gasteiger partial charge is 0.493 e. The van der Waals surface area contributed by atoms with Crippen molar-refractivity contribution in [1.82, 2.24) is 9.80 Å². The van der Waals surface area contributed by atoms with Crippen LogP contribution in [0.3, 0.4) is 0 Å². The molecule has 2 atom stereocenters. The molecule has 8 heteroatoms. The molecule has 192 valence electrons. The van der Waals surface area contributed by atoms with Gasteiger partial charge in [-0.1, -0.05) is 30.3 Å². The van der Waals surface area contributed by atoms with Crippen molar-refractivity contribution in [2.45, 2.75) is 50.6 Å². The zero-order valence-electron chi connectivity index (χ0n) is 21.2. The summed E-state index contributed by atoms with van der Waals surface area (Å²) >= 11 is 0. The molecule has 0 saturated carbocycles. The molecule has 2 aromatic carbocycles. The van der Waals surface area contributed by atoms with Crippen molar-refractivity contribution >= 4 is 17.6 Å². The number of amides is 2. The minimum atomic E-state index is -0.684. The van der Waals surface area contributed by atoms with E-state index in [-0.39, 0.29) is 17.5 Å². The number of Topliss-reactive ketones (excluding diaryl/α,β-unsaturated/α-hetero) is 1. The van der Waals surface area contributed by atoms with Gasteiger partial charge in [-0.2, -0.15) is 0 Å². The van der Waals surface area contributed by atoms with Gasteiger partial charge >= 0.3 is 0 Å². The summed E-state index contributed by atoms with van der Waals surface area (Å²) in [5, 5.41) is 0. The van der Waals surface area contributed by atoms with Crippen LogP contribution in [0, 0.1) is 0 Å². The van der Waals surface area contributed by atoms with Crippen molar-refractivity contribution in [2.24, 2.45) is 0 Å². The van der Waals surface area contributed by atoms with Gasteiger partial charge in [0, 0.05) is 24.7 Å². The van der Waals surface area contributed by atoms with Gasteiger partial charge in [0.05, 0.1) is 21.3 Å². The first-order chi connectivity index (χ1) is 17.5. The van der Waals surface area contributed by atoms with Crippen molar-refractivity contribution in [3.63, 3.8) is 0 Å². The number of benzene rings is 2. The second kappa shape index (κ2) is 11.5. The second-order valence-electron chi connectivity index (χ2n) is 9.26. The Morgan fingerprint density at radius 3 is 2.28 bits per heavy atom. The van der Waals surface area contributed by atoms with E-state index in [1.165, 1.54) is 39.0 Å². The molecule has 0 aliphatic carbocycles. The first-order valence-electron chi connectivity index (χ1n) is 12.5.